The normalized spacial score (nSPS) is 12.2. The zero-order valence-electron chi connectivity index (χ0n) is 7.16. The van der Waals surface area contributed by atoms with Crippen LogP contribution in [0, 0.1) is 0 Å². The van der Waals surface area contributed by atoms with Crippen LogP contribution >= 0.6 is 15.9 Å². The van der Waals surface area contributed by atoms with Gasteiger partial charge in [-0.25, -0.2) is 0 Å². The molecule has 0 radical (unpaired) electrons. The van der Waals surface area contributed by atoms with Crippen molar-refractivity contribution in [2.75, 3.05) is 7.11 Å². The van der Waals surface area contributed by atoms with Crippen LogP contribution in [0.15, 0.2) is 22.7 Å². The number of methoxy groups -OCH3 is 1. The minimum atomic E-state index is -0.567. The van der Waals surface area contributed by atoms with Gasteiger partial charge in [-0.2, -0.15) is 0 Å². The molecule has 0 spiro atoms. The topological polar surface area (TPSA) is 52.3 Å². The second-order valence-electron chi connectivity index (χ2n) is 2.56. The Bertz CT molecular complexity index is 314. The third-order valence-electron chi connectivity index (χ3n) is 1.71. The molecule has 0 saturated carbocycles. The number of rotatable bonds is 3. The Balaban J connectivity index is 3.02. The number of carbonyl (C=O) groups is 1. The summed E-state index contributed by atoms with van der Waals surface area (Å²) in [4.78, 5) is 10.4. The summed E-state index contributed by atoms with van der Waals surface area (Å²) in [6.07, 6.45) is 0.703. The first-order valence-electron chi connectivity index (χ1n) is 3.73. The number of ether oxygens (including phenoxy) is 1. The number of aldehydes is 1. The SMILES string of the molecule is COc1ccc(C(N)C=O)cc1Br. The number of nitrogens with two attached hydrogens (primary N) is 1. The summed E-state index contributed by atoms with van der Waals surface area (Å²) in [5.41, 5.74) is 6.29. The fourth-order valence-electron chi connectivity index (χ4n) is 0.969. The van der Waals surface area contributed by atoms with E-state index in [4.69, 9.17) is 10.5 Å². The van der Waals surface area contributed by atoms with Crippen molar-refractivity contribution in [1.29, 1.82) is 0 Å². The molecule has 1 aromatic carbocycles. The number of carbonyl (C=O) groups excluding carboxylic acids is 1. The van der Waals surface area contributed by atoms with Gasteiger partial charge in [0.2, 0.25) is 0 Å². The van der Waals surface area contributed by atoms with Crippen LogP contribution in [-0.4, -0.2) is 13.4 Å². The van der Waals surface area contributed by atoms with Crippen LogP contribution in [-0.2, 0) is 4.79 Å². The number of halogens is 1. The molecule has 1 unspecified atom stereocenters. The van der Waals surface area contributed by atoms with Crippen LogP contribution in [0.2, 0.25) is 0 Å². The minimum absolute atomic E-state index is 0.567. The third kappa shape index (κ3) is 2.29. The van der Waals surface area contributed by atoms with Gasteiger partial charge >= 0.3 is 0 Å². The largest absolute Gasteiger partial charge is 0.496 e. The van der Waals surface area contributed by atoms with E-state index in [0.29, 0.717) is 6.29 Å². The van der Waals surface area contributed by atoms with E-state index in [2.05, 4.69) is 15.9 Å². The summed E-state index contributed by atoms with van der Waals surface area (Å²) in [5, 5.41) is 0. The molecule has 0 aliphatic heterocycles. The van der Waals surface area contributed by atoms with Crippen molar-refractivity contribution in [2.45, 2.75) is 6.04 Å². The highest BCUT2D eigenvalue weighted by molar-refractivity contribution is 9.10. The predicted molar refractivity (Wildman–Crippen MR) is 53.7 cm³/mol. The molecule has 1 rings (SSSR count). The summed E-state index contributed by atoms with van der Waals surface area (Å²) in [7, 11) is 1.58. The van der Waals surface area contributed by atoms with Gasteiger partial charge in [-0.1, -0.05) is 6.07 Å². The molecule has 4 heteroatoms. The highest BCUT2D eigenvalue weighted by Crippen LogP contribution is 2.26. The van der Waals surface area contributed by atoms with Crippen LogP contribution in [0.25, 0.3) is 0 Å². The van der Waals surface area contributed by atoms with Crippen molar-refractivity contribution >= 4 is 22.2 Å². The highest BCUT2D eigenvalue weighted by atomic mass is 79.9. The van der Waals surface area contributed by atoms with Crippen molar-refractivity contribution in [1.82, 2.24) is 0 Å². The first-order chi connectivity index (χ1) is 6.19. The van der Waals surface area contributed by atoms with Crippen molar-refractivity contribution in [2.24, 2.45) is 5.73 Å². The minimum Gasteiger partial charge on any atom is -0.496 e. The maximum absolute atomic E-state index is 10.4. The van der Waals surface area contributed by atoms with E-state index < -0.39 is 6.04 Å². The van der Waals surface area contributed by atoms with E-state index in [1.807, 2.05) is 0 Å². The van der Waals surface area contributed by atoms with E-state index in [9.17, 15) is 4.79 Å². The van der Waals surface area contributed by atoms with Crippen LogP contribution in [0.5, 0.6) is 5.75 Å². The Labute approximate surface area is 85.0 Å². The molecule has 0 aliphatic carbocycles. The summed E-state index contributed by atoms with van der Waals surface area (Å²) >= 11 is 3.31. The zero-order chi connectivity index (χ0) is 9.84. The molecule has 0 amide bonds. The lowest BCUT2D eigenvalue weighted by atomic mass is 10.1. The smallest absolute Gasteiger partial charge is 0.141 e. The second-order valence-corrected chi connectivity index (χ2v) is 3.41. The molecule has 0 aromatic heterocycles. The fourth-order valence-corrected chi connectivity index (χ4v) is 1.53. The number of hydrogen-bond donors (Lipinski definition) is 1. The van der Waals surface area contributed by atoms with E-state index in [1.54, 1.807) is 25.3 Å². The maximum Gasteiger partial charge on any atom is 0.141 e. The summed E-state index contributed by atoms with van der Waals surface area (Å²) in [6.45, 7) is 0. The molecule has 0 saturated heterocycles. The molecule has 0 heterocycles. The summed E-state index contributed by atoms with van der Waals surface area (Å²) in [6, 6.07) is 4.74. The van der Waals surface area contributed by atoms with E-state index in [0.717, 1.165) is 15.8 Å². The monoisotopic (exact) mass is 243 g/mol. The Morgan fingerprint density at radius 1 is 1.62 bits per heavy atom. The van der Waals surface area contributed by atoms with Crippen LogP contribution in [0.3, 0.4) is 0 Å². The second kappa shape index (κ2) is 4.39. The van der Waals surface area contributed by atoms with Gasteiger partial charge < -0.3 is 15.3 Å². The summed E-state index contributed by atoms with van der Waals surface area (Å²) in [5.74, 6) is 0.724. The van der Waals surface area contributed by atoms with Gasteiger partial charge in [0.15, 0.2) is 0 Å². The van der Waals surface area contributed by atoms with E-state index in [1.165, 1.54) is 0 Å². The lowest BCUT2D eigenvalue weighted by Gasteiger charge is -2.07. The van der Waals surface area contributed by atoms with Crippen molar-refractivity contribution in [3.8, 4) is 5.75 Å². The molecule has 0 fully saturated rings. The average molecular weight is 244 g/mol. The first-order valence-corrected chi connectivity index (χ1v) is 4.52. The molecule has 3 nitrogen and oxygen atoms in total. The zero-order valence-corrected chi connectivity index (χ0v) is 8.74. The predicted octanol–water partition coefficient (Wildman–Crippen LogP) is 1.66. The summed E-state index contributed by atoms with van der Waals surface area (Å²) < 4.78 is 5.83. The quantitative estimate of drug-likeness (QED) is 0.822. The maximum atomic E-state index is 10.4. The van der Waals surface area contributed by atoms with Gasteiger partial charge in [-0.3, -0.25) is 0 Å². The Morgan fingerprint density at radius 3 is 2.77 bits per heavy atom. The molecule has 70 valence electrons. The standard InChI is InChI=1S/C9H10BrNO2/c1-13-9-3-2-6(4-7(9)10)8(11)5-12/h2-5,8H,11H2,1H3. The van der Waals surface area contributed by atoms with Crippen LogP contribution < -0.4 is 10.5 Å². The lowest BCUT2D eigenvalue weighted by Crippen LogP contribution is -2.11. The highest BCUT2D eigenvalue weighted by Gasteiger charge is 2.06. The first kappa shape index (κ1) is 10.2. The van der Waals surface area contributed by atoms with Crippen LogP contribution in [0.1, 0.15) is 11.6 Å². The van der Waals surface area contributed by atoms with E-state index >= 15 is 0 Å². The van der Waals surface area contributed by atoms with Gasteiger partial charge in [-0.15, -0.1) is 0 Å². The van der Waals surface area contributed by atoms with Gasteiger partial charge in [0.1, 0.15) is 12.0 Å². The molecule has 1 atom stereocenters. The lowest BCUT2D eigenvalue weighted by molar-refractivity contribution is -0.109. The molecule has 2 N–H and O–H groups in total. The Kier molecular flexibility index (Phi) is 3.45. The Hall–Kier alpha value is -0.870. The van der Waals surface area contributed by atoms with Gasteiger partial charge in [0, 0.05) is 0 Å². The molecule has 13 heavy (non-hydrogen) atoms. The van der Waals surface area contributed by atoms with Gasteiger partial charge in [-0.05, 0) is 33.6 Å². The third-order valence-corrected chi connectivity index (χ3v) is 2.33. The van der Waals surface area contributed by atoms with Gasteiger partial charge in [0.25, 0.3) is 0 Å². The number of benzene rings is 1. The van der Waals surface area contributed by atoms with Gasteiger partial charge in [0.05, 0.1) is 17.6 Å². The molecular formula is C9H10BrNO2. The number of hydrogen-bond acceptors (Lipinski definition) is 3. The molecule has 0 aliphatic rings. The van der Waals surface area contributed by atoms with Crippen molar-refractivity contribution < 1.29 is 9.53 Å². The van der Waals surface area contributed by atoms with Crippen molar-refractivity contribution in [3.63, 3.8) is 0 Å². The van der Waals surface area contributed by atoms with Crippen molar-refractivity contribution in [3.05, 3.63) is 28.2 Å². The molecular weight excluding hydrogens is 234 g/mol. The average Bonchev–Trinajstić information content (AvgIpc) is 2.16. The molecule has 1 aromatic rings. The molecule has 0 bridgehead atoms. The van der Waals surface area contributed by atoms with E-state index in [-0.39, 0.29) is 0 Å². The fraction of sp³-hybridized carbons (Fsp3) is 0.222. The van der Waals surface area contributed by atoms with Crippen LogP contribution in [0.4, 0.5) is 0 Å². The Morgan fingerprint density at radius 2 is 2.31 bits per heavy atom.